The van der Waals surface area contributed by atoms with Crippen LogP contribution in [0.5, 0.6) is 0 Å². The predicted molar refractivity (Wildman–Crippen MR) is 72.3 cm³/mol. The standard InChI is InChI=1S/C14H25F3N2O/c1-4-5-19-8-11(7-14(15,16)17)6-12(9-19)18-13(20)10(2)3/h10-12H,4-9H2,1-3H3,(H,18,20). The third-order valence-corrected chi connectivity index (χ3v) is 3.54. The van der Waals surface area contributed by atoms with E-state index in [9.17, 15) is 18.0 Å². The van der Waals surface area contributed by atoms with Gasteiger partial charge in [-0.05, 0) is 25.3 Å². The van der Waals surface area contributed by atoms with E-state index in [-0.39, 0.29) is 17.9 Å². The number of hydrogen-bond acceptors (Lipinski definition) is 2. The molecule has 1 rings (SSSR count). The molecule has 2 unspecified atom stereocenters. The third-order valence-electron chi connectivity index (χ3n) is 3.54. The van der Waals surface area contributed by atoms with E-state index in [0.717, 1.165) is 13.0 Å². The first kappa shape index (κ1) is 17.3. The number of likely N-dealkylation sites (tertiary alicyclic amines) is 1. The number of hydrogen-bond donors (Lipinski definition) is 1. The predicted octanol–water partition coefficient (Wildman–Crippen LogP) is 2.81. The average molecular weight is 294 g/mol. The van der Waals surface area contributed by atoms with Crippen LogP contribution in [-0.2, 0) is 4.79 Å². The van der Waals surface area contributed by atoms with Crippen molar-refractivity contribution in [1.29, 1.82) is 0 Å². The molecule has 0 aromatic carbocycles. The van der Waals surface area contributed by atoms with E-state index in [0.29, 0.717) is 19.5 Å². The van der Waals surface area contributed by atoms with Gasteiger partial charge in [0.1, 0.15) is 0 Å². The second-order valence-electron chi connectivity index (χ2n) is 6.04. The van der Waals surface area contributed by atoms with Crippen LogP contribution in [0.25, 0.3) is 0 Å². The molecule has 0 aromatic rings. The quantitative estimate of drug-likeness (QED) is 0.845. The first-order valence-corrected chi connectivity index (χ1v) is 7.30. The van der Waals surface area contributed by atoms with Crippen LogP contribution in [0.2, 0.25) is 0 Å². The Balaban J connectivity index is 2.62. The maximum atomic E-state index is 12.6. The lowest BCUT2D eigenvalue weighted by molar-refractivity contribution is -0.149. The summed E-state index contributed by atoms with van der Waals surface area (Å²) in [5, 5.41) is 2.87. The van der Waals surface area contributed by atoms with Crippen molar-refractivity contribution in [2.75, 3.05) is 19.6 Å². The van der Waals surface area contributed by atoms with Gasteiger partial charge in [-0.15, -0.1) is 0 Å². The van der Waals surface area contributed by atoms with Gasteiger partial charge in [0, 0.05) is 31.5 Å². The summed E-state index contributed by atoms with van der Waals surface area (Å²) < 4.78 is 37.7. The van der Waals surface area contributed by atoms with E-state index < -0.39 is 18.5 Å². The second kappa shape index (κ2) is 7.29. The molecule has 1 saturated heterocycles. The number of alkyl halides is 3. The first-order valence-electron chi connectivity index (χ1n) is 7.30. The van der Waals surface area contributed by atoms with Crippen molar-refractivity contribution in [1.82, 2.24) is 10.2 Å². The summed E-state index contributed by atoms with van der Waals surface area (Å²) in [6.45, 7) is 7.49. The van der Waals surface area contributed by atoms with Crippen molar-refractivity contribution < 1.29 is 18.0 Å². The van der Waals surface area contributed by atoms with Crippen LogP contribution in [-0.4, -0.2) is 42.7 Å². The van der Waals surface area contributed by atoms with Crippen molar-refractivity contribution in [2.24, 2.45) is 11.8 Å². The first-order chi connectivity index (χ1) is 9.21. The second-order valence-corrected chi connectivity index (χ2v) is 6.04. The zero-order valence-corrected chi connectivity index (χ0v) is 12.5. The van der Waals surface area contributed by atoms with Crippen LogP contribution in [0.3, 0.4) is 0 Å². The minimum absolute atomic E-state index is 0.0842. The Hall–Kier alpha value is -0.780. The highest BCUT2D eigenvalue weighted by atomic mass is 19.4. The Morgan fingerprint density at radius 1 is 1.35 bits per heavy atom. The van der Waals surface area contributed by atoms with E-state index in [2.05, 4.69) is 5.32 Å². The highest BCUT2D eigenvalue weighted by Gasteiger charge is 2.36. The maximum Gasteiger partial charge on any atom is 0.389 e. The van der Waals surface area contributed by atoms with Crippen LogP contribution >= 0.6 is 0 Å². The van der Waals surface area contributed by atoms with Gasteiger partial charge in [0.2, 0.25) is 5.91 Å². The molecule has 0 saturated carbocycles. The summed E-state index contributed by atoms with van der Waals surface area (Å²) in [5.41, 5.74) is 0. The van der Waals surface area contributed by atoms with Gasteiger partial charge >= 0.3 is 6.18 Å². The van der Waals surface area contributed by atoms with Gasteiger partial charge in [0.05, 0.1) is 0 Å². The van der Waals surface area contributed by atoms with E-state index >= 15 is 0 Å². The topological polar surface area (TPSA) is 32.3 Å². The van der Waals surface area contributed by atoms with Crippen molar-refractivity contribution in [3.05, 3.63) is 0 Å². The summed E-state index contributed by atoms with van der Waals surface area (Å²) in [7, 11) is 0. The molecule has 20 heavy (non-hydrogen) atoms. The Bertz CT molecular complexity index is 318. The summed E-state index contributed by atoms with van der Waals surface area (Å²) in [5.74, 6) is -0.649. The zero-order chi connectivity index (χ0) is 15.3. The van der Waals surface area contributed by atoms with Crippen molar-refractivity contribution in [2.45, 2.75) is 52.3 Å². The lowest BCUT2D eigenvalue weighted by atomic mass is 9.90. The molecule has 1 N–H and O–H groups in total. The number of nitrogens with one attached hydrogen (secondary N) is 1. The molecular weight excluding hydrogens is 269 g/mol. The minimum atomic E-state index is -4.13. The van der Waals surface area contributed by atoms with Crippen molar-refractivity contribution in [3.8, 4) is 0 Å². The van der Waals surface area contributed by atoms with Gasteiger partial charge in [-0.25, -0.2) is 0 Å². The molecule has 1 heterocycles. The van der Waals surface area contributed by atoms with E-state index in [1.807, 2.05) is 11.8 Å². The maximum absolute atomic E-state index is 12.6. The SMILES string of the molecule is CCCN1CC(CC(F)(F)F)CC(NC(=O)C(C)C)C1. The number of nitrogens with zero attached hydrogens (tertiary/aromatic N) is 1. The third kappa shape index (κ3) is 6.11. The van der Waals surface area contributed by atoms with Gasteiger partial charge < -0.3 is 10.2 Å². The number of rotatable bonds is 5. The van der Waals surface area contributed by atoms with E-state index in [1.54, 1.807) is 13.8 Å². The van der Waals surface area contributed by atoms with Crippen LogP contribution in [0.4, 0.5) is 13.2 Å². The molecule has 1 aliphatic rings. The Labute approximate surface area is 118 Å². The van der Waals surface area contributed by atoms with Gasteiger partial charge in [0.15, 0.2) is 0 Å². The number of halogens is 3. The van der Waals surface area contributed by atoms with E-state index in [4.69, 9.17) is 0 Å². The summed E-state index contributed by atoms with van der Waals surface area (Å²) in [4.78, 5) is 13.7. The van der Waals surface area contributed by atoms with Crippen LogP contribution < -0.4 is 5.32 Å². The summed E-state index contributed by atoms with van der Waals surface area (Å²) >= 11 is 0. The van der Waals surface area contributed by atoms with Crippen molar-refractivity contribution in [3.63, 3.8) is 0 Å². The number of carbonyl (C=O) groups excluding carboxylic acids is 1. The molecule has 0 bridgehead atoms. The fraction of sp³-hybridized carbons (Fsp3) is 0.929. The zero-order valence-electron chi connectivity index (χ0n) is 12.5. The Morgan fingerprint density at radius 3 is 2.50 bits per heavy atom. The molecule has 0 spiro atoms. The fourth-order valence-electron chi connectivity index (χ4n) is 2.75. The lowest BCUT2D eigenvalue weighted by Crippen LogP contribution is -2.52. The number of carbonyl (C=O) groups is 1. The highest BCUT2D eigenvalue weighted by Crippen LogP contribution is 2.30. The average Bonchev–Trinajstić information content (AvgIpc) is 2.26. The molecule has 3 nitrogen and oxygen atoms in total. The van der Waals surface area contributed by atoms with Gasteiger partial charge in [-0.1, -0.05) is 20.8 Å². The molecule has 118 valence electrons. The van der Waals surface area contributed by atoms with Crippen molar-refractivity contribution >= 4 is 5.91 Å². The highest BCUT2D eigenvalue weighted by molar-refractivity contribution is 5.78. The summed E-state index contributed by atoms with van der Waals surface area (Å²) in [6.07, 6.45) is -3.57. The van der Waals surface area contributed by atoms with Crippen LogP contribution in [0, 0.1) is 11.8 Å². The molecule has 1 amide bonds. The normalized spacial score (nSPS) is 24.9. The molecule has 2 atom stereocenters. The molecule has 0 aromatic heterocycles. The molecule has 0 radical (unpaired) electrons. The smallest absolute Gasteiger partial charge is 0.352 e. The van der Waals surface area contributed by atoms with Crippen LogP contribution in [0.15, 0.2) is 0 Å². The molecule has 6 heteroatoms. The summed E-state index contributed by atoms with van der Waals surface area (Å²) in [6, 6.07) is -0.169. The molecule has 0 aliphatic carbocycles. The van der Waals surface area contributed by atoms with E-state index in [1.165, 1.54) is 0 Å². The molecule has 1 aliphatic heterocycles. The largest absolute Gasteiger partial charge is 0.389 e. The Morgan fingerprint density at radius 2 is 2.00 bits per heavy atom. The number of amides is 1. The molecule has 1 fully saturated rings. The minimum Gasteiger partial charge on any atom is -0.352 e. The van der Waals surface area contributed by atoms with Gasteiger partial charge in [-0.2, -0.15) is 13.2 Å². The fourth-order valence-corrected chi connectivity index (χ4v) is 2.75. The number of piperidine rings is 1. The van der Waals surface area contributed by atoms with Gasteiger partial charge in [-0.3, -0.25) is 4.79 Å². The molecular formula is C14H25F3N2O. The van der Waals surface area contributed by atoms with Gasteiger partial charge in [0.25, 0.3) is 0 Å². The monoisotopic (exact) mass is 294 g/mol. The van der Waals surface area contributed by atoms with Crippen LogP contribution in [0.1, 0.15) is 40.0 Å². The Kier molecular flexibility index (Phi) is 6.30. The lowest BCUT2D eigenvalue weighted by Gasteiger charge is -2.38.